The number of halogens is 1. The first kappa shape index (κ1) is 16.8. The Morgan fingerprint density at radius 3 is 2.52 bits per heavy atom. The molecule has 1 N–H and O–H groups in total. The summed E-state index contributed by atoms with van der Waals surface area (Å²) in [5, 5.41) is 3.54. The van der Waals surface area contributed by atoms with Crippen LogP contribution in [0.4, 0.5) is 5.69 Å². The highest BCUT2D eigenvalue weighted by molar-refractivity contribution is 9.10. The Kier molecular flexibility index (Phi) is 5.37. The summed E-state index contributed by atoms with van der Waals surface area (Å²) >= 11 is 3.77. The molecule has 1 aliphatic heterocycles. The van der Waals surface area contributed by atoms with Crippen molar-refractivity contribution in [1.29, 1.82) is 0 Å². The average Bonchev–Trinajstić information content (AvgIpc) is 2.39. The number of anilines is 1. The van der Waals surface area contributed by atoms with Gasteiger partial charge in [-0.1, -0.05) is 19.9 Å². The van der Waals surface area contributed by atoms with Crippen molar-refractivity contribution >= 4 is 21.6 Å². The van der Waals surface area contributed by atoms with Gasteiger partial charge in [-0.2, -0.15) is 0 Å². The number of rotatable bonds is 3. The molecule has 0 spiro atoms. The molecule has 0 aliphatic carbocycles. The molecule has 1 saturated heterocycles. The summed E-state index contributed by atoms with van der Waals surface area (Å²) in [6.07, 6.45) is 1.29. The molecule has 0 amide bonds. The molecule has 3 heteroatoms. The van der Waals surface area contributed by atoms with Crippen LogP contribution in [-0.2, 0) is 6.54 Å². The molecule has 1 aromatic rings. The summed E-state index contributed by atoms with van der Waals surface area (Å²) in [7, 11) is 0. The fraction of sp³-hybridized carbons (Fsp3) is 0.667. The van der Waals surface area contributed by atoms with Gasteiger partial charge in [0.1, 0.15) is 0 Å². The van der Waals surface area contributed by atoms with Crippen LogP contribution in [0.15, 0.2) is 22.7 Å². The second kappa shape index (κ2) is 6.70. The van der Waals surface area contributed by atoms with Crippen LogP contribution in [0.2, 0.25) is 0 Å². The lowest BCUT2D eigenvalue weighted by Gasteiger charge is -2.37. The maximum atomic E-state index is 3.77. The summed E-state index contributed by atoms with van der Waals surface area (Å²) < 4.78 is 1.22. The van der Waals surface area contributed by atoms with Gasteiger partial charge in [0.25, 0.3) is 0 Å². The Labute approximate surface area is 138 Å². The van der Waals surface area contributed by atoms with Crippen LogP contribution in [0.5, 0.6) is 0 Å². The molecular weight excluding hydrogens is 324 g/mol. The lowest BCUT2D eigenvalue weighted by atomic mass is 9.88. The zero-order valence-electron chi connectivity index (χ0n) is 14.0. The smallest absolute Gasteiger partial charge is 0.0510 e. The Bertz CT molecular complexity index is 479. The van der Waals surface area contributed by atoms with Gasteiger partial charge in [-0.15, -0.1) is 0 Å². The molecule has 1 aromatic carbocycles. The topological polar surface area (TPSA) is 15.3 Å². The van der Waals surface area contributed by atoms with E-state index in [2.05, 4.69) is 79.0 Å². The first-order valence-corrected chi connectivity index (χ1v) is 8.84. The fourth-order valence-corrected chi connectivity index (χ4v) is 3.44. The molecule has 1 fully saturated rings. The molecule has 2 unspecified atom stereocenters. The van der Waals surface area contributed by atoms with Crippen molar-refractivity contribution in [1.82, 2.24) is 5.32 Å². The highest BCUT2D eigenvalue weighted by Crippen LogP contribution is 2.32. The summed E-state index contributed by atoms with van der Waals surface area (Å²) in [5.41, 5.74) is 2.83. The largest absolute Gasteiger partial charge is 0.370 e. The van der Waals surface area contributed by atoms with E-state index in [0.29, 0.717) is 0 Å². The number of nitrogens with one attached hydrogen (secondary N) is 1. The van der Waals surface area contributed by atoms with Crippen molar-refractivity contribution in [2.45, 2.75) is 53.1 Å². The number of benzene rings is 1. The predicted molar refractivity (Wildman–Crippen MR) is 95.9 cm³/mol. The number of nitrogens with zero attached hydrogens (tertiary/aromatic N) is 1. The molecule has 0 bridgehead atoms. The summed E-state index contributed by atoms with van der Waals surface area (Å²) in [6.45, 7) is 14.6. The summed E-state index contributed by atoms with van der Waals surface area (Å²) in [6, 6.07) is 6.78. The molecule has 2 nitrogen and oxygen atoms in total. The lowest BCUT2D eigenvalue weighted by Crippen LogP contribution is -2.38. The van der Waals surface area contributed by atoms with Crippen molar-refractivity contribution in [3.63, 3.8) is 0 Å². The van der Waals surface area contributed by atoms with Crippen LogP contribution in [0.3, 0.4) is 0 Å². The molecular formula is C18H29BrN2. The van der Waals surface area contributed by atoms with Crippen molar-refractivity contribution in [2.24, 2.45) is 11.8 Å². The second-order valence-electron chi connectivity index (χ2n) is 7.58. The summed E-state index contributed by atoms with van der Waals surface area (Å²) in [5.74, 6) is 1.61. The van der Waals surface area contributed by atoms with Gasteiger partial charge in [0, 0.05) is 29.6 Å². The van der Waals surface area contributed by atoms with Crippen LogP contribution in [0.25, 0.3) is 0 Å². The Hall–Kier alpha value is -0.540. The molecule has 1 aliphatic rings. The molecule has 0 aromatic heterocycles. The van der Waals surface area contributed by atoms with Crippen LogP contribution in [0, 0.1) is 11.8 Å². The number of hydrogen-bond donors (Lipinski definition) is 1. The van der Waals surface area contributed by atoms with Gasteiger partial charge in [0.2, 0.25) is 0 Å². The van der Waals surface area contributed by atoms with Crippen molar-refractivity contribution in [3.8, 4) is 0 Å². The first-order valence-electron chi connectivity index (χ1n) is 8.04. The SMILES string of the molecule is CC1CCN(c2ccc(CNC(C)(C)C)cc2Br)CC1C. The monoisotopic (exact) mass is 352 g/mol. The molecule has 0 saturated carbocycles. The van der Waals surface area contributed by atoms with E-state index in [-0.39, 0.29) is 5.54 Å². The third-order valence-electron chi connectivity index (χ3n) is 4.51. The van der Waals surface area contributed by atoms with E-state index in [9.17, 15) is 0 Å². The molecule has 1 heterocycles. The molecule has 21 heavy (non-hydrogen) atoms. The first-order chi connectivity index (χ1) is 9.76. The van der Waals surface area contributed by atoms with Gasteiger partial charge < -0.3 is 10.2 Å². The Morgan fingerprint density at radius 2 is 1.95 bits per heavy atom. The van der Waals surface area contributed by atoms with E-state index in [1.807, 2.05) is 0 Å². The maximum Gasteiger partial charge on any atom is 0.0510 e. The second-order valence-corrected chi connectivity index (χ2v) is 8.43. The quantitative estimate of drug-likeness (QED) is 0.838. The highest BCUT2D eigenvalue weighted by Gasteiger charge is 2.23. The number of piperidine rings is 1. The average molecular weight is 353 g/mol. The van der Waals surface area contributed by atoms with Crippen molar-refractivity contribution in [2.75, 3.05) is 18.0 Å². The van der Waals surface area contributed by atoms with E-state index in [1.165, 1.54) is 35.2 Å². The van der Waals surface area contributed by atoms with E-state index in [0.717, 1.165) is 18.4 Å². The molecule has 0 radical (unpaired) electrons. The maximum absolute atomic E-state index is 3.77. The van der Waals surface area contributed by atoms with E-state index in [1.54, 1.807) is 0 Å². The fourth-order valence-electron chi connectivity index (χ4n) is 2.77. The third kappa shape index (κ3) is 4.72. The van der Waals surface area contributed by atoms with Crippen LogP contribution >= 0.6 is 15.9 Å². The van der Waals surface area contributed by atoms with Crippen LogP contribution in [-0.4, -0.2) is 18.6 Å². The molecule has 2 rings (SSSR count). The van der Waals surface area contributed by atoms with Gasteiger partial charge >= 0.3 is 0 Å². The van der Waals surface area contributed by atoms with E-state index >= 15 is 0 Å². The highest BCUT2D eigenvalue weighted by atomic mass is 79.9. The third-order valence-corrected chi connectivity index (χ3v) is 5.14. The van der Waals surface area contributed by atoms with Gasteiger partial charge in [-0.05, 0) is 72.7 Å². The number of hydrogen-bond acceptors (Lipinski definition) is 2. The normalized spacial score (nSPS) is 23.4. The standard InChI is InChI=1S/C18H29BrN2/c1-13-8-9-21(12-14(13)2)17-7-6-15(10-16(17)19)11-20-18(3,4)5/h6-7,10,13-14,20H,8-9,11-12H2,1-5H3. The zero-order valence-corrected chi connectivity index (χ0v) is 15.6. The van der Waals surface area contributed by atoms with Gasteiger partial charge in [-0.25, -0.2) is 0 Å². The van der Waals surface area contributed by atoms with Crippen molar-refractivity contribution in [3.05, 3.63) is 28.2 Å². The Morgan fingerprint density at radius 1 is 1.24 bits per heavy atom. The molecule has 2 atom stereocenters. The summed E-state index contributed by atoms with van der Waals surface area (Å²) in [4.78, 5) is 2.52. The Balaban J connectivity index is 2.05. The van der Waals surface area contributed by atoms with Crippen LogP contribution in [0.1, 0.15) is 46.6 Å². The van der Waals surface area contributed by atoms with Crippen molar-refractivity contribution < 1.29 is 0 Å². The van der Waals surface area contributed by atoms with E-state index in [4.69, 9.17) is 0 Å². The van der Waals surface area contributed by atoms with E-state index < -0.39 is 0 Å². The minimum Gasteiger partial charge on any atom is -0.370 e. The van der Waals surface area contributed by atoms with Gasteiger partial charge in [0.15, 0.2) is 0 Å². The molecule has 118 valence electrons. The predicted octanol–water partition coefficient (Wildman–Crippen LogP) is 4.82. The van der Waals surface area contributed by atoms with Crippen LogP contribution < -0.4 is 10.2 Å². The van der Waals surface area contributed by atoms with Gasteiger partial charge in [-0.3, -0.25) is 0 Å². The minimum absolute atomic E-state index is 0.156. The zero-order chi connectivity index (χ0) is 15.6. The lowest BCUT2D eigenvalue weighted by molar-refractivity contribution is 0.324. The minimum atomic E-state index is 0.156. The van der Waals surface area contributed by atoms with Gasteiger partial charge in [0.05, 0.1) is 5.69 Å².